The number of aliphatic hydroxyl groups excluding tert-OH is 9. The largest absolute Gasteiger partial charge is 0.435 e. The standard InChI is InChI=1S/C40H64O16/c1-18-13-39-11-7-24-37(4,9-6-10-38(24,5)36(50)55-33-20(3)26(44)19(2)21(14-41)51-33)25(39)8-12-40(18,17-39)56-35-32(30(48)28(46)23(16-43)53-35)54-34-31(49)29(47)27(45)22(15-42)52-34/h19-35,41-49H,1,6-17H2,2-5H3/t19-,20-,21-,22-,23-,24-,25+,26+,27-,28-,29+,30-,31-,32-,33+,34+,35-,37-,38-,39-,40-/m1/s1. The van der Waals surface area contributed by atoms with Gasteiger partial charge in [-0.15, -0.1) is 0 Å². The number of carbonyl (C=O) groups is 1. The maximum Gasteiger partial charge on any atom is 0.314 e. The van der Waals surface area contributed by atoms with Crippen LogP contribution in [-0.2, 0) is 33.2 Å². The molecule has 1 spiro atoms. The zero-order valence-corrected chi connectivity index (χ0v) is 32.9. The number of ether oxygens (including phenoxy) is 6. The summed E-state index contributed by atoms with van der Waals surface area (Å²) in [5, 5.41) is 94.1. The van der Waals surface area contributed by atoms with Crippen LogP contribution in [0.1, 0.15) is 85.5 Å². The Morgan fingerprint density at radius 3 is 1.98 bits per heavy atom. The van der Waals surface area contributed by atoms with Gasteiger partial charge in [-0.25, -0.2) is 0 Å². The topological polar surface area (TPSA) is 255 Å². The third kappa shape index (κ3) is 6.71. The van der Waals surface area contributed by atoms with Crippen molar-refractivity contribution in [1.82, 2.24) is 0 Å². The van der Waals surface area contributed by atoms with Gasteiger partial charge in [-0.05, 0) is 86.5 Å². The highest BCUT2D eigenvalue weighted by atomic mass is 16.8. The fourth-order valence-corrected chi connectivity index (χ4v) is 12.5. The minimum Gasteiger partial charge on any atom is -0.435 e. The summed E-state index contributed by atoms with van der Waals surface area (Å²) >= 11 is 0. The molecule has 0 aromatic carbocycles. The summed E-state index contributed by atoms with van der Waals surface area (Å²) in [5.41, 5.74) is -1.36. The van der Waals surface area contributed by atoms with Crippen LogP contribution in [0.2, 0.25) is 0 Å². The number of esters is 1. The molecule has 2 bridgehead atoms. The van der Waals surface area contributed by atoms with Crippen LogP contribution >= 0.6 is 0 Å². The molecule has 3 aliphatic heterocycles. The third-order valence-corrected chi connectivity index (χ3v) is 15.7. The number of rotatable bonds is 9. The van der Waals surface area contributed by atoms with E-state index in [1.807, 2.05) is 13.8 Å². The minimum absolute atomic E-state index is 0.00508. The van der Waals surface area contributed by atoms with Gasteiger partial charge in [0.25, 0.3) is 0 Å². The molecule has 3 saturated heterocycles. The van der Waals surface area contributed by atoms with Gasteiger partial charge < -0.3 is 74.4 Å². The fourth-order valence-electron chi connectivity index (χ4n) is 12.5. The molecule has 0 aromatic heterocycles. The summed E-state index contributed by atoms with van der Waals surface area (Å²) in [4.78, 5) is 14.3. The van der Waals surface area contributed by atoms with E-state index in [0.717, 1.165) is 37.7 Å². The van der Waals surface area contributed by atoms with Gasteiger partial charge in [0.05, 0.1) is 43.0 Å². The van der Waals surface area contributed by atoms with Crippen molar-refractivity contribution in [2.75, 3.05) is 19.8 Å². The molecule has 0 radical (unpaired) electrons. The molecular formula is C40H64O16. The summed E-state index contributed by atoms with van der Waals surface area (Å²) in [6.07, 6.45) is -11.5. The number of hydrogen-bond acceptors (Lipinski definition) is 16. The number of aliphatic hydroxyl groups is 9. The predicted molar refractivity (Wildman–Crippen MR) is 193 cm³/mol. The second kappa shape index (κ2) is 15.6. The molecule has 56 heavy (non-hydrogen) atoms. The highest BCUT2D eigenvalue weighted by Crippen LogP contribution is 2.73. The van der Waals surface area contributed by atoms with E-state index >= 15 is 0 Å². The van der Waals surface area contributed by atoms with Crippen molar-refractivity contribution in [3.63, 3.8) is 0 Å². The van der Waals surface area contributed by atoms with Crippen molar-refractivity contribution in [1.29, 1.82) is 0 Å². The van der Waals surface area contributed by atoms with Crippen molar-refractivity contribution in [3.05, 3.63) is 12.2 Å². The molecule has 4 saturated carbocycles. The maximum atomic E-state index is 14.3. The molecule has 7 rings (SSSR count). The first-order valence-corrected chi connectivity index (χ1v) is 20.5. The molecule has 0 unspecified atom stereocenters. The van der Waals surface area contributed by atoms with Crippen molar-refractivity contribution in [3.8, 4) is 0 Å². The van der Waals surface area contributed by atoms with Crippen LogP contribution in [0.3, 0.4) is 0 Å². The lowest BCUT2D eigenvalue weighted by Crippen LogP contribution is -2.65. The molecule has 16 heteroatoms. The maximum absolute atomic E-state index is 14.3. The minimum atomic E-state index is -1.78. The molecule has 0 aromatic rings. The zero-order chi connectivity index (χ0) is 40.7. The smallest absolute Gasteiger partial charge is 0.314 e. The predicted octanol–water partition coefficient (Wildman–Crippen LogP) is -0.388. The average Bonchev–Trinajstić information content (AvgIpc) is 3.37. The SMILES string of the molecule is C=C1C[C@@]23CC[C@@H]4[C@@](C)(CCC[C@@]4(C)C(=O)O[C@@H]4O[C@H](CO)[C@@H](C)[C@H](O)[C@H]4C)[C@@H]2CC[C@@]1(O[C@H]1O[C@H](CO)[C@@H](O)[C@@H](O)[C@H]1O[C@@H]1O[C@H](CO)[C@@H](O)[C@H](O)[C@H]1O)C3. The molecule has 320 valence electrons. The average molecular weight is 801 g/mol. The van der Waals surface area contributed by atoms with E-state index < -0.39 is 110 Å². The van der Waals surface area contributed by atoms with Crippen LogP contribution in [0.5, 0.6) is 0 Å². The van der Waals surface area contributed by atoms with Crippen LogP contribution in [0.25, 0.3) is 0 Å². The van der Waals surface area contributed by atoms with Crippen molar-refractivity contribution >= 4 is 5.97 Å². The van der Waals surface area contributed by atoms with E-state index in [1.54, 1.807) is 6.92 Å². The summed E-state index contributed by atoms with van der Waals surface area (Å²) < 4.78 is 36.6. The van der Waals surface area contributed by atoms with Crippen LogP contribution in [0.4, 0.5) is 0 Å². The Balaban J connectivity index is 1.10. The number of fused-ring (bicyclic) bond motifs is 3. The first-order valence-electron chi connectivity index (χ1n) is 20.5. The Labute approximate surface area is 327 Å². The Kier molecular flexibility index (Phi) is 11.9. The van der Waals surface area contributed by atoms with Gasteiger partial charge >= 0.3 is 5.97 Å². The van der Waals surface area contributed by atoms with Gasteiger partial charge in [0.1, 0.15) is 48.8 Å². The molecule has 7 fully saturated rings. The van der Waals surface area contributed by atoms with Crippen LogP contribution in [0, 0.1) is 39.9 Å². The summed E-state index contributed by atoms with van der Waals surface area (Å²) in [7, 11) is 0. The zero-order valence-electron chi connectivity index (χ0n) is 32.9. The van der Waals surface area contributed by atoms with Gasteiger partial charge in [0.15, 0.2) is 12.6 Å². The molecule has 21 atom stereocenters. The molecular weight excluding hydrogens is 736 g/mol. The van der Waals surface area contributed by atoms with Gasteiger partial charge in [-0.1, -0.05) is 33.8 Å². The second-order valence-corrected chi connectivity index (χ2v) is 18.7. The summed E-state index contributed by atoms with van der Waals surface area (Å²) in [5.74, 6) is -0.911. The van der Waals surface area contributed by atoms with Gasteiger partial charge in [-0.2, -0.15) is 0 Å². The number of hydrogen-bond donors (Lipinski definition) is 9. The highest BCUT2D eigenvalue weighted by Gasteiger charge is 2.69. The lowest BCUT2D eigenvalue weighted by atomic mass is 9.41. The molecule has 4 aliphatic carbocycles. The second-order valence-electron chi connectivity index (χ2n) is 18.7. The van der Waals surface area contributed by atoms with Gasteiger partial charge in [0.2, 0.25) is 6.29 Å². The van der Waals surface area contributed by atoms with Crippen LogP contribution in [0.15, 0.2) is 12.2 Å². The monoisotopic (exact) mass is 800 g/mol. The van der Waals surface area contributed by atoms with Crippen LogP contribution < -0.4 is 0 Å². The lowest BCUT2D eigenvalue weighted by molar-refractivity contribution is -0.378. The summed E-state index contributed by atoms with van der Waals surface area (Å²) in [6.45, 7) is 10.8. The van der Waals surface area contributed by atoms with Crippen molar-refractivity contribution in [2.45, 2.75) is 171 Å². The molecule has 7 aliphatic rings. The summed E-state index contributed by atoms with van der Waals surface area (Å²) in [6, 6.07) is 0. The Hall–Kier alpha value is -1.35. The molecule has 9 N–H and O–H groups in total. The lowest BCUT2D eigenvalue weighted by Gasteiger charge is -2.64. The number of carbonyl (C=O) groups excluding carboxylic acids is 1. The van der Waals surface area contributed by atoms with Crippen LogP contribution in [-0.4, -0.2) is 157 Å². The van der Waals surface area contributed by atoms with Crippen molar-refractivity contribution in [2.24, 2.45) is 39.9 Å². The molecule has 16 nitrogen and oxygen atoms in total. The molecule has 3 heterocycles. The van der Waals surface area contributed by atoms with E-state index in [0.29, 0.717) is 25.7 Å². The quantitative estimate of drug-likeness (QED) is 0.0818. The Morgan fingerprint density at radius 1 is 0.714 bits per heavy atom. The van der Waals surface area contributed by atoms with Crippen molar-refractivity contribution < 1.29 is 79.2 Å². The van der Waals surface area contributed by atoms with E-state index in [4.69, 9.17) is 28.4 Å². The van der Waals surface area contributed by atoms with E-state index in [-0.39, 0.29) is 41.2 Å². The molecule has 0 amide bonds. The van der Waals surface area contributed by atoms with Gasteiger partial charge in [0, 0.05) is 11.8 Å². The normalized spacial score (nSPS) is 54.6. The van der Waals surface area contributed by atoms with E-state index in [9.17, 15) is 50.8 Å². The first kappa shape index (κ1) is 42.8. The fraction of sp³-hybridized carbons (Fsp3) is 0.925. The third-order valence-electron chi connectivity index (χ3n) is 15.7. The first-order chi connectivity index (χ1) is 26.4. The Morgan fingerprint density at radius 2 is 1.32 bits per heavy atom. The van der Waals surface area contributed by atoms with E-state index in [1.165, 1.54) is 0 Å². The van der Waals surface area contributed by atoms with E-state index in [2.05, 4.69) is 13.5 Å². The highest BCUT2D eigenvalue weighted by molar-refractivity contribution is 5.77. The Bertz CT molecular complexity index is 1450. The van der Waals surface area contributed by atoms with Gasteiger partial charge in [-0.3, -0.25) is 4.79 Å².